The van der Waals surface area contributed by atoms with Crippen LogP contribution in [0.4, 0.5) is 0 Å². The molecule has 0 bridgehead atoms. The van der Waals surface area contributed by atoms with Crippen molar-refractivity contribution >= 4 is 33.9 Å². The van der Waals surface area contributed by atoms with Crippen LogP contribution >= 0.6 is 15.9 Å². The van der Waals surface area contributed by atoms with Crippen molar-refractivity contribution in [2.24, 2.45) is 4.99 Å². The lowest BCUT2D eigenvalue weighted by atomic mass is 10.1. The molecule has 7 heteroatoms. The predicted octanol–water partition coefficient (Wildman–Crippen LogP) is 2.29. The van der Waals surface area contributed by atoms with E-state index in [-0.39, 0.29) is 5.91 Å². The third kappa shape index (κ3) is 2.68. The lowest BCUT2D eigenvalue weighted by Crippen LogP contribution is -2.49. The van der Waals surface area contributed by atoms with Crippen molar-refractivity contribution in [3.05, 3.63) is 46.1 Å². The zero-order valence-corrected chi connectivity index (χ0v) is 13.7. The number of carbonyl (C=O) groups excluding carboxylic acids is 1. The zero-order chi connectivity index (χ0) is 15.8. The number of amides is 1. The van der Waals surface area contributed by atoms with E-state index < -0.39 is 0 Å². The molecule has 1 fully saturated rings. The molecule has 0 aliphatic carbocycles. The van der Waals surface area contributed by atoms with E-state index in [1.165, 1.54) is 0 Å². The summed E-state index contributed by atoms with van der Waals surface area (Å²) in [4.78, 5) is 18.4. The summed E-state index contributed by atoms with van der Waals surface area (Å²) in [6, 6.07) is 9.62. The number of guanidine groups is 1. The van der Waals surface area contributed by atoms with Crippen molar-refractivity contribution in [3.63, 3.8) is 0 Å². The second kappa shape index (κ2) is 5.66. The second-order valence-corrected chi connectivity index (χ2v) is 6.20. The topological polar surface area (TPSA) is 70.7 Å². The van der Waals surface area contributed by atoms with Crippen LogP contribution in [0.1, 0.15) is 5.76 Å². The van der Waals surface area contributed by atoms with Gasteiger partial charge in [0.1, 0.15) is 5.69 Å². The SMILES string of the molecule is O=C1NC2=NCCN2C/C1=C/c1cc(-c2ccccc2Br)no1. The molecule has 1 amide bonds. The zero-order valence-electron chi connectivity index (χ0n) is 12.1. The first-order chi connectivity index (χ1) is 11.2. The molecular formula is C16H13BrN4O2. The molecule has 2 aromatic rings. The van der Waals surface area contributed by atoms with Crippen LogP contribution in [0.2, 0.25) is 0 Å². The van der Waals surface area contributed by atoms with Gasteiger partial charge in [0.05, 0.1) is 13.1 Å². The lowest BCUT2D eigenvalue weighted by molar-refractivity contribution is -0.116. The summed E-state index contributed by atoms with van der Waals surface area (Å²) in [7, 11) is 0. The van der Waals surface area contributed by atoms with E-state index in [0.717, 1.165) is 28.8 Å². The summed E-state index contributed by atoms with van der Waals surface area (Å²) in [5.74, 6) is 1.08. The highest BCUT2D eigenvalue weighted by Crippen LogP contribution is 2.28. The Morgan fingerprint density at radius 2 is 2.22 bits per heavy atom. The molecule has 116 valence electrons. The monoisotopic (exact) mass is 372 g/mol. The van der Waals surface area contributed by atoms with Crippen LogP contribution in [0.15, 0.2) is 49.9 Å². The summed E-state index contributed by atoms with van der Waals surface area (Å²) >= 11 is 3.50. The number of aromatic nitrogens is 1. The third-order valence-electron chi connectivity index (χ3n) is 3.80. The second-order valence-electron chi connectivity index (χ2n) is 5.34. The Morgan fingerprint density at radius 1 is 1.35 bits per heavy atom. The molecule has 4 rings (SSSR count). The predicted molar refractivity (Wildman–Crippen MR) is 89.6 cm³/mol. The van der Waals surface area contributed by atoms with Crippen LogP contribution in [-0.4, -0.2) is 41.6 Å². The molecule has 1 aromatic heterocycles. The molecular weight excluding hydrogens is 360 g/mol. The largest absolute Gasteiger partial charge is 0.356 e. The molecule has 1 aromatic carbocycles. The van der Waals surface area contributed by atoms with E-state index in [2.05, 4.69) is 31.4 Å². The molecule has 2 aliphatic rings. The van der Waals surface area contributed by atoms with E-state index in [0.29, 0.717) is 23.8 Å². The summed E-state index contributed by atoms with van der Waals surface area (Å²) in [5.41, 5.74) is 2.31. The van der Waals surface area contributed by atoms with Crippen LogP contribution in [0, 0.1) is 0 Å². The molecule has 6 nitrogen and oxygen atoms in total. The number of fused-ring (bicyclic) bond motifs is 1. The Balaban J connectivity index is 1.61. The number of halogens is 1. The van der Waals surface area contributed by atoms with E-state index in [9.17, 15) is 4.79 Å². The number of aliphatic imine (C=N–C) groups is 1. The van der Waals surface area contributed by atoms with Crippen LogP contribution in [0.3, 0.4) is 0 Å². The molecule has 0 unspecified atom stereocenters. The van der Waals surface area contributed by atoms with Crippen molar-refractivity contribution in [1.29, 1.82) is 0 Å². The highest BCUT2D eigenvalue weighted by molar-refractivity contribution is 9.10. The normalized spacial score (nSPS) is 18.8. The van der Waals surface area contributed by atoms with E-state index in [1.54, 1.807) is 6.08 Å². The summed E-state index contributed by atoms with van der Waals surface area (Å²) in [6.45, 7) is 2.08. The number of rotatable bonds is 2. The Bertz CT molecular complexity index is 840. The molecule has 2 aliphatic heterocycles. The molecule has 0 spiro atoms. The number of benzene rings is 1. The minimum absolute atomic E-state index is 0.138. The maximum atomic E-state index is 12.1. The number of nitrogens with one attached hydrogen (secondary N) is 1. The average molecular weight is 373 g/mol. The quantitative estimate of drug-likeness (QED) is 0.821. The minimum Gasteiger partial charge on any atom is -0.356 e. The van der Waals surface area contributed by atoms with Gasteiger partial charge in [-0.2, -0.15) is 0 Å². The van der Waals surface area contributed by atoms with Crippen LogP contribution < -0.4 is 5.32 Å². The number of nitrogens with zero attached hydrogens (tertiary/aromatic N) is 3. The highest BCUT2D eigenvalue weighted by Gasteiger charge is 2.28. The van der Waals surface area contributed by atoms with Crippen LogP contribution in [0.25, 0.3) is 17.3 Å². The fourth-order valence-electron chi connectivity index (χ4n) is 2.65. The standard InChI is InChI=1S/C16H13BrN4O2/c17-13-4-2-1-3-12(13)14-8-11(23-20-14)7-10-9-21-6-5-18-16(21)19-15(10)22/h1-4,7-8H,5-6,9H2,(H,18,19,22)/b10-7-. The Morgan fingerprint density at radius 3 is 3.09 bits per heavy atom. The number of carbonyl (C=O) groups is 1. The van der Waals surface area contributed by atoms with Crippen LogP contribution in [-0.2, 0) is 4.79 Å². The first-order valence-corrected chi connectivity index (χ1v) is 8.03. The maximum absolute atomic E-state index is 12.1. The van der Waals surface area contributed by atoms with Crippen molar-refractivity contribution < 1.29 is 9.32 Å². The first kappa shape index (κ1) is 14.2. The van der Waals surface area contributed by atoms with E-state index in [4.69, 9.17) is 4.52 Å². The van der Waals surface area contributed by atoms with E-state index >= 15 is 0 Å². The Kier molecular flexibility index (Phi) is 3.49. The Hall–Kier alpha value is -2.41. The van der Waals surface area contributed by atoms with E-state index in [1.807, 2.05) is 35.2 Å². The Labute approximate surface area is 141 Å². The van der Waals surface area contributed by atoms with Crippen molar-refractivity contribution in [2.75, 3.05) is 19.6 Å². The molecule has 1 saturated heterocycles. The maximum Gasteiger partial charge on any atom is 0.255 e. The number of hydrogen-bond acceptors (Lipinski definition) is 5. The van der Waals surface area contributed by atoms with Gasteiger partial charge in [0.2, 0.25) is 5.96 Å². The van der Waals surface area contributed by atoms with Crippen molar-refractivity contribution in [3.8, 4) is 11.3 Å². The van der Waals surface area contributed by atoms with Crippen LogP contribution in [0.5, 0.6) is 0 Å². The molecule has 23 heavy (non-hydrogen) atoms. The van der Waals surface area contributed by atoms with Gasteiger partial charge in [-0.1, -0.05) is 39.3 Å². The van der Waals surface area contributed by atoms with Gasteiger partial charge < -0.3 is 9.42 Å². The fraction of sp³-hybridized carbons (Fsp3) is 0.188. The summed E-state index contributed by atoms with van der Waals surface area (Å²) in [6.07, 6.45) is 1.73. The average Bonchev–Trinajstić information content (AvgIpc) is 3.17. The van der Waals surface area contributed by atoms with Crippen molar-refractivity contribution in [1.82, 2.24) is 15.4 Å². The summed E-state index contributed by atoms with van der Waals surface area (Å²) in [5, 5.41) is 6.88. The van der Waals surface area contributed by atoms with Gasteiger partial charge in [-0.3, -0.25) is 15.1 Å². The van der Waals surface area contributed by atoms with Crippen molar-refractivity contribution in [2.45, 2.75) is 0 Å². The van der Waals surface area contributed by atoms with Gasteiger partial charge in [0, 0.05) is 28.2 Å². The first-order valence-electron chi connectivity index (χ1n) is 7.23. The van der Waals surface area contributed by atoms with Gasteiger partial charge in [-0.05, 0) is 12.1 Å². The van der Waals surface area contributed by atoms with Gasteiger partial charge in [0.25, 0.3) is 5.91 Å². The van der Waals surface area contributed by atoms with Gasteiger partial charge in [-0.15, -0.1) is 0 Å². The molecule has 3 heterocycles. The lowest BCUT2D eigenvalue weighted by Gasteiger charge is -2.26. The van der Waals surface area contributed by atoms with Gasteiger partial charge >= 0.3 is 0 Å². The third-order valence-corrected chi connectivity index (χ3v) is 4.50. The van der Waals surface area contributed by atoms with Gasteiger partial charge in [0.15, 0.2) is 5.76 Å². The van der Waals surface area contributed by atoms with Gasteiger partial charge in [-0.25, -0.2) is 0 Å². The molecule has 0 atom stereocenters. The molecule has 1 N–H and O–H groups in total. The molecule has 0 saturated carbocycles. The fourth-order valence-corrected chi connectivity index (χ4v) is 3.14. The highest BCUT2D eigenvalue weighted by atomic mass is 79.9. The minimum atomic E-state index is -0.138. The number of hydrogen-bond donors (Lipinski definition) is 1. The molecule has 0 radical (unpaired) electrons. The smallest absolute Gasteiger partial charge is 0.255 e. The summed E-state index contributed by atoms with van der Waals surface area (Å²) < 4.78 is 6.31.